The third-order valence-corrected chi connectivity index (χ3v) is 2.61. The molecule has 0 fully saturated rings. The molecule has 0 bridgehead atoms. The van der Waals surface area contributed by atoms with Crippen LogP contribution in [-0.4, -0.2) is 40.7 Å². The number of halogens is 6. The lowest BCUT2D eigenvalue weighted by molar-refractivity contribution is -0.278. The Bertz CT molecular complexity index is 352. The number of thiocarbonyl (C=S) groups is 1. The van der Waals surface area contributed by atoms with Crippen molar-refractivity contribution in [2.45, 2.75) is 38.7 Å². The summed E-state index contributed by atoms with van der Waals surface area (Å²) in [5.74, 6) is -6.08. The molecule has 0 heterocycles. The third-order valence-electron chi connectivity index (χ3n) is 2.41. The molecule has 0 aliphatic heterocycles. The third kappa shape index (κ3) is 5.51. The van der Waals surface area contributed by atoms with Gasteiger partial charge in [-0.05, 0) is 13.8 Å². The molecule has 0 aromatic heterocycles. The topological polar surface area (TPSA) is 46.3 Å². The van der Waals surface area contributed by atoms with Crippen molar-refractivity contribution in [3.05, 3.63) is 0 Å². The van der Waals surface area contributed by atoms with Crippen molar-refractivity contribution in [3.8, 4) is 0 Å². The van der Waals surface area contributed by atoms with Crippen molar-refractivity contribution in [2.24, 2.45) is 11.7 Å². The van der Waals surface area contributed by atoms with Gasteiger partial charge >= 0.3 is 12.4 Å². The van der Waals surface area contributed by atoms with Gasteiger partial charge in [0.25, 0.3) is 0 Å². The maximum absolute atomic E-state index is 12.5. The monoisotopic (exact) mass is 324 g/mol. The van der Waals surface area contributed by atoms with Crippen LogP contribution in [-0.2, 0) is 4.79 Å². The van der Waals surface area contributed by atoms with Gasteiger partial charge in [0.15, 0.2) is 0 Å². The summed E-state index contributed by atoms with van der Waals surface area (Å²) in [6, 6.07) is -0.843. The fourth-order valence-corrected chi connectivity index (χ4v) is 1.58. The number of nitrogens with two attached hydrogens (primary N) is 1. The van der Waals surface area contributed by atoms with E-state index in [2.05, 4.69) is 12.2 Å². The van der Waals surface area contributed by atoms with Crippen molar-refractivity contribution in [1.29, 1.82) is 0 Å². The Morgan fingerprint density at radius 1 is 1.15 bits per heavy atom. The number of alkyl halides is 6. The summed E-state index contributed by atoms with van der Waals surface area (Å²) in [7, 11) is 0. The number of carbonyl (C=O) groups is 1. The van der Waals surface area contributed by atoms with Crippen molar-refractivity contribution in [1.82, 2.24) is 4.90 Å². The lowest BCUT2D eigenvalue weighted by Crippen LogP contribution is -2.52. The SMILES string of the molecule is CC(C)N(CCC(N)=S)C(=O)C(C(F)(F)F)C(F)(F)F. The molecule has 10 heteroatoms. The lowest BCUT2D eigenvalue weighted by atomic mass is 10.1. The van der Waals surface area contributed by atoms with Crippen LogP contribution in [0.3, 0.4) is 0 Å². The summed E-state index contributed by atoms with van der Waals surface area (Å²) in [5.41, 5.74) is 5.14. The van der Waals surface area contributed by atoms with E-state index in [-0.39, 0.29) is 11.4 Å². The highest BCUT2D eigenvalue weighted by atomic mass is 32.1. The molecule has 0 aliphatic rings. The summed E-state index contributed by atoms with van der Waals surface area (Å²) < 4.78 is 74.8. The van der Waals surface area contributed by atoms with E-state index in [0.717, 1.165) is 0 Å². The molecular weight excluding hydrogens is 310 g/mol. The Hall–Kier alpha value is -1.06. The summed E-state index contributed by atoms with van der Waals surface area (Å²) in [4.78, 5) is 12.0. The number of rotatable bonds is 5. The zero-order valence-corrected chi connectivity index (χ0v) is 11.5. The molecule has 20 heavy (non-hydrogen) atoms. The normalized spacial score (nSPS) is 12.9. The fraction of sp³-hybridized carbons (Fsp3) is 0.800. The van der Waals surface area contributed by atoms with Crippen LogP contribution in [0.1, 0.15) is 20.3 Å². The minimum atomic E-state index is -5.70. The quantitative estimate of drug-likeness (QED) is 0.625. The van der Waals surface area contributed by atoms with E-state index < -0.39 is 36.8 Å². The lowest BCUT2D eigenvalue weighted by Gasteiger charge is -2.32. The molecule has 0 aromatic rings. The van der Waals surface area contributed by atoms with Crippen molar-refractivity contribution in [2.75, 3.05) is 6.54 Å². The number of hydrogen-bond donors (Lipinski definition) is 1. The summed E-state index contributed by atoms with van der Waals surface area (Å²) in [6.45, 7) is 2.22. The van der Waals surface area contributed by atoms with Crippen molar-refractivity contribution in [3.63, 3.8) is 0 Å². The largest absolute Gasteiger partial charge is 0.409 e. The minimum Gasteiger partial charge on any atom is -0.393 e. The Morgan fingerprint density at radius 2 is 1.55 bits per heavy atom. The smallest absolute Gasteiger partial charge is 0.393 e. The first-order valence-electron chi connectivity index (χ1n) is 5.50. The molecule has 0 spiro atoms. The van der Waals surface area contributed by atoms with Gasteiger partial charge in [0, 0.05) is 19.0 Å². The van der Waals surface area contributed by atoms with Gasteiger partial charge in [-0.15, -0.1) is 0 Å². The van der Waals surface area contributed by atoms with Gasteiger partial charge in [-0.2, -0.15) is 26.3 Å². The number of carbonyl (C=O) groups excluding carboxylic acids is 1. The standard InChI is InChI=1S/C10H14F6N2OS/c1-5(2)18(4-3-6(17)20)8(19)7(9(11,12)13)10(14,15)16/h5,7H,3-4H2,1-2H3,(H2,17,20). The Labute approximate surface area is 117 Å². The van der Waals surface area contributed by atoms with Crippen LogP contribution in [0.4, 0.5) is 26.3 Å². The molecule has 0 saturated heterocycles. The molecule has 0 aromatic carbocycles. The van der Waals surface area contributed by atoms with Gasteiger partial charge in [-0.3, -0.25) is 4.79 Å². The predicted molar refractivity (Wildman–Crippen MR) is 63.9 cm³/mol. The maximum atomic E-state index is 12.5. The second-order valence-corrected chi connectivity index (χ2v) is 4.88. The van der Waals surface area contributed by atoms with Crippen LogP contribution in [0.5, 0.6) is 0 Å². The summed E-state index contributed by atoms with van der Waals surface area (Å²) in [6.07, 6.45) is -11.6. The van der Waals surface area contributed by atoms with Crippen LogP contribution in [0, 0.1) is 5.92 Å². The highest BCUT2D eigenvalue weighted by molar-refractivity contribution is 7.80. The average molecular weight is 324 g/mol. The van der Waals surface area contributed by atoms with Crippen LogP contribution in [0.2, 0.25) is 0 Å². The summed E-state index contributed by atoms with van der Waals surface area (Å²) >= 11 is 4.49. The van der Waals surface area contributed by atoms with Gasteiger partial charge in [0.2, 0.25) is 11.8 Å². The van der Waals surface area contributed by atoms with Gasteiger partial charge in [-0.25, -0.2) is 0 Å². The molecule has 0 rings (SSSR count). The van der Waals surface area contributed by atoms with Crippen LogP contribution in [0.15, 0.2) is 0 Å². The van der Waals surface area contributed by atoms with Crippen LogP contribution >= 0.6 is 12.2 Å². The highest BCUT2D eigenvalue weighted by Gasteiger charge is 2.62. The van der Waals surface area contributed by atoms with E-state index >= 15 is 0 Å². The Morgan fingerprint density at radius 3 is 1.80 bits per heavy atom. The first-order valence-corrected chi connectivity index (χ1v) is 5.91. The average Bonchev–Trinajstić information content (AvgIpc) is 2.10. The molecule has 1 amide bonds. The van der Waals surface area contributed by atoms with E-state index in [1.165, 1.54) is 13.8 Å². The number of nitrogens with zero attached hydrogens (tertiary/aromatic N) is 1. The molecule has 3 nitrogen and oxygen atoms in total. The molecule has 2 N–H and O–H groups in total. The van der Waals surface area contributed by atoms with E-state index in [1.54, 1.807) is 0 Å². The fourth-order valence-electron chi connectivity index (χ4n) is 1.48. The molecule has 118 valence electrons. The molecule has 0 aliphatic carbocycles. The Kier molecular flexibility index (Phi) is 6.25. The molecule has 0 unspecified atom stereocenters. The van der Waals surface area contributed by atoms with E-state index in [9.17, 15) is 31.1 Å². The van der Waals surface area contributed by atoms with Gasteiger partial charge in [0.1, 0.15) is 0 Å². The first-order chi connectivity index (χ1) is 8.78. The van der Waals surface area contributed by atoms with Crippen LogP contribution < -0.4 is 5.73 Å². The minimum absolute atomic E-state index is 0.0981. The number of hydrogen-bond acceptors (Lipinski definition) is 2. The zero-order valence-electron chi connectivity index (χ0n) is 10.7. The maximum Gasteiger partial charge on any atom is 0.409 e. The second kappa shape index (κ2) is 6.59. The van der Waals surface area contributed by atoms with Crippen molar-refractivity contribution >= 4 is 23.1 Å². The number of amides is 1. The summed E-state index contributed by atoms with van der Waals surface area (Å²) in [5, 5.41) is 0. The first kappa shape index (κ1) is 18.9. The van der Waals surface area contributed by atoms with E-state index in [0.29, 0.717) is 4.90 Å². The molecule has 0 saturated carbocycles. The van der Waals surface area contributed by atoms with Crippen LogP contribution in [0.25, 0.3) is 0 Å². The molecule has 0 radical (unpaired) electrons. The van der Waals surface area contributed by atoms with Gasteiger partial charge in [-0.1, -0.05) is 12.2 Å². The predicted octanol–water partition coefficient (Wildman–Crippen LogP) is 2.64. The van der Waals surface area contributed by atoms with Gasteiger partial charge in [0.05, 0.1) is 4.99 Å². The Balaban J connectivity index is 5.33. The van der Waals surface area contributed by atoms with Crippen molar-refractivity contribution < 1.29 is 31.1 Å². The zero-order chi connectivity index (χ0) is 16.3. The second-order valence-electron chi connectivity index (χ2n) is 4.36. The highest BCUT2D eigenvalue weighted by Crippen LogP contribution is 2.40. The molecule has 0 atom stereocenters. The van der Waals surface area contributed by atoms with E-state index in [4.69, 9.17) is 5.73 Å². The van der Waals surface area contributed by atoms with Gasteiger partial charge < -0.3 is 10.6 Å². The van der Waals surface area contributed by atoms with E-state index in [1.807, 2.05) is 0 Å². The molecular formula is C10H14F6N2OS.